The molecule has 1 aliphatic rings. The van der Waals surface area contributed by atoms with Gasteiger partial charge >= 0.3 is 6.09 Å². The minimum absolute atomic E-state index is 0.0391. The highest BCUT2D eigenvalue weighted by atomic mass is 19.1. The lowest BCUT2D eigenvalue weighted by Crippen LogP contribution is -2.50. The quantitative estimate of drug-likeness (QED) is 0.856. The van der Waals surface area contributed by atoms with Crippen LogP contribution in [0.25, 0.3) is 0 Å². The van der Waals surface area contributed by atoms with Crippen LogP contribution in [-0.4, -0.2) is 52.7 Å². The van der Waals surface area contributed by atoms with Crippen molar-refractivity contribution in [1.29, 1.82) is 0 Å². The Morgan fingerprint density at radius 1 is 1.39 bits per heavy atom. The molecule has 23 heavy (non-hydrogen) atoms. The molecule has 128 valence electrons. The predicted molar refractivity (Wildman–Crippen MR) is 85.8 cm³/mol. The van der Waals surface area contributed by atoms with Crippen LogP contribution in [0.1, 0.15) is 40.0 Å². The number of nitrogens with zero attached hydrogens (tertiary/aromatic N) is 4. The van der Waals surface area contributed by atoms with E-state index in [-0.39, 0.29) is 12.1 Å². The van der Waals surface area contributed by atoms with Crippen molar-refractivity contribution in [3.05, 3.63) is 18.2 Å². The van der Waals surface area contributed by atoms with Gasteiger partial charge in [0, 0.05) is 20.1 Å². The van der Waals surface area contributed by atoms with Crippen LogP contribution >= 0.6 is 0 Å². The molecule has 1 aromatic heterocycles. The zero-order valence-electron chi connectivity index (χ0n) is 14.3. The maximum absolute atomic E-state index is 12.9. The van der Waals surface area contributed by atoms with Gasteiger partial charge in [-0.3, -0.25) is 0 Å². The van der Waals surface area contributed by atoms with E-state index in [1.54, 1.807) is 4.90 Å². The molecule has 0 bridgehead atoms. The van der Waals surface area contributed by atoms with E-state index in [0.29, 0.717) is 19.0 Å². The lowest BCUT2D eigenvalue weighted by atomic mass is 10.0. The maximum atomic E-state index is 12.9. The van der Waals surface area contributed by atoms with E-state index >= 15 is 0 Å². The Bertz CT molecular complexity index is 530. The Hall–Kier alpha value is -1.92. The summed E-state index contributed by atoms with van der Waals surface area (Å²) >= 11 is 0. The minimum Gasteiger partial charge on any atom is -0.444 e. The summed E-state index contributed by atoms with van der Waals surface area (Å²) in [5, 5.41) is 0. The van der Waals surface area contributed by atoms with Crippen molar-refractivity contribution in [3.63, 3.8) is 0 Å². The molecule has 0 saturated carbocycles. The Kier molecular flexibility index (Phi) is 5.38. The number of halogens is 1. The molecule has 1 saturated heterocycles. The van der Waals surface area contributed by atoms with Crippen molar-refractivity contribution in [2.45, 2.75) is 51.7 Å². The molecule has 0 radical (unpaired) electrons. The largest absolute Gasteiger partial charge is 0.444 e. The van der Waals surface area contributed by atoms with Gasteiger partial charge in [-0.15, -0.1) is 0 Å². The lowest BCUT2D eigenvalue weighted by Gasteiger charge is -2.38. The summed E-state index contributed by atoms with van der Waals surface area (Å²) in [4.78, 5) is 24.0. The first kappa shape index (κ1) is 17.4. The molecule has 0 N–H and O–H groups in total. The number of ether oxygens (including phenoxy) is 1. The van der Waals surface area contributed by atoms with Crippen LogP contribution in [0.3, 0.4) is 0 Å². The van der Waals surface area contributed by atoms with Gasteiger partial charge < -0.3 is 14.5 Å². The second kappa shape index (κ2) is 7.10. The van der Waals surface area contributed by atoms with E-state index in [0.717, 1.165) is 31.7 Å². The molecule has 2 rings (SSSR count). The summed E-state index contributed by atoms with van der Waals surface area (Å²) in [6.45, 7) is 6.87. The van der Waals surface area contributed by atoms with Crippen molar-refractivity contribution < 1.29 is 13.9 Å². The Morgan fingerprint density at radius 2 is 2.04 bits per heavy atom. The number of carbonyl (C=O) groups is 1. The Balaban J connectivity index is 2.03. The summed E-state index contributed by atoms with van der Waals surface area (Å²) in [6.07, 6.45) is 4.96. The van der Waals surface area contributed by atoms with Crippen LogP contribution in [0.15, 0.2) is 12.4 Å². The van der Waals surface area contributed by atoms with Gasteiger partial charge in [-0.1, -0.05) is 0 Å². The molecular weight excluding hydrogens is 299 g/mol. The van der Waals surface area contributed by atoms with Gasteiger partial charge in [-0.2, -0.15) is 0 Å². The van der Waals surface area contributed by atoms with Gasteiger partial charge in [0.05, 0.1) is 18.4 Å². The van der Waals surface area contributed by atoms with Crippen LogP contribution in [0.2, 0.25) is 0 Å². The van der Waals surface area contributed by atoms with E-state index in [4.69, 9.17) is 4.74 Å². The van der Waals surface area contributed by atoms with Crippen LogP contribution in [0, 0.1) is 5.82 Å². The first-order chi connectivity index (χ1) is 10.8. The minimum atomic E-state index is -0.509. The average Bonchev–Trinajstić information content (AvgIpc) is 2.46. The standard InChI is InChI=1S/C16H25FN4O2/c1-16(2,3)23-15(22)21-8-6-5-7-13(21)11-20(4)14-18-9-12(17)10-19-14/h9-10,13H,5-8,11H2,1-4H3. The van der Waals surface area contributed by atoms with Crippen LogP contribution < -0.4 is 4.90 Å². The first-order valence-electron chi connectivity index (χ1n) is 7.94. The fraction of sp³-hybridized carbons (Fsp3) is 0.688. The van der Waals surface area contributed by atoms with Crippen molar-refractivity contribution >= 4 is 12.0 Å². The zero-order valence-corrected chi connectivity index (χ0v) is 14.3. The molecule has 0 aliphatic carbocycles. The van der Waals surface area contributed by atoms with Crippen molar-refractivity contribution in [3.8, 4) is 0 Å². The molecule has 1 atom stereocenters. The summed E-state index contributed by atoms with van der Waals surface area (Å²) < 4.78 is 18.4. The molecule has 6 nitrogen and oxygen atoms in total. The summed E-state index contributed by atoms with van der Waals surface area (Å²) in [5.74, 6) is -0.0173. The van der Waals surface area contributed by atoms with E-state index in [1.165, 1.54) is 0 Å². The Labute approximate surface area is 136 Å². The third kappa shape index (κ3) is 5.04. The van der Waals surface area contributed by atoms with E-state index in [1.807, 2.05) is 32.7 Å². The highest BCUT2D eigenvalue weighted by Crippen LogP contribution is 2.21. The first-order valence-corrected chi connectivity index (χ1v) is 7.94. The lowest BCUT2D eigenvalue weighted by molar-refractivity contribution is 0.0108. The average molecular weight is 324 g/mol. The second-order valence-electron chi connectivity index (χ2n) is 6.91. The number of anilines is 1. The van der Waals surface area contributed by atoms with Crippen molar-refractivity contribution in [2.24, 2.45) is 0 Å². The van der Waals surface area contributed by atoms with Gasteiger partial charge in [-0.25, -0.2) is 19.2 Å². The number of amides is 1. The third-order valence-electron chi connectivity index (χ3n) is 3.69. The van der Waals surface area contributed by atoms with Crippen molar-refractivity contribution in [1.82, 2.24) is 14.9 Å². The van der Waals surface area contributed by atoms with E-state index in [9.17, 15) is 9.18 Å². The maximum Gasteiger partial charge on any atom is 0.410 e. The molecule has 1 amide bonds. The van der Waals surface area contributed by atoms with Gasteiger partial charge in [0.15, 0.2) is 5.82 Å². The highest BCUT2D eigenvalue weighted by molar-refractivity contribution is 5.68. The SMILES string of the molecule is CN(CC1CCCCN1C(=O)OC(C)(C)C)c1ncc(F)cn1. The van der Waals surface area contributed by atoms with E-state index < -0.39 is 11.4 Å². The topological polar surface area (TPSA) is 58.6 Å². The van der Waals surface area contributed by atoms with Crippen LogP contribution in [0.5, 0.6) is 0 Å². The number of carbonyl (C=O) groups excluding carboxylic acids is 1. The molecule has 0 spiro atoms. The number of piperidine rings is 1. The fourth-order valence-corrected chi connectivity index (χ4v) is 2.65. The van der Waals surface area contributed by atoms with Gasteiger partial charge in [0.2, 0.25) is 5.95 Å². The highest BCUT2D eigenvalue weighted by Gasteiger charge is 2.31. The number of hydrogen-bond donors (Lipinski definition) is 0. The number of likely N-dealkylation sites (N-methyl/N-ethyl adjacent to an activating group) is 1. The number of rotatable bonds is 3. The molecule has 2 heterocycles. The summed E-state index contributed by atoms with van der Waals surface area (Å²) in [5.41, 5.74) is -0.509. The number of likely N-dealkylation sites (tertiary alicyclic amines) is 1. The van der Waals surface area contributed by atoms with Gasteiger partial charge in [0.1, 0.15) is 5.60 Å². The van der Waals surface area contributed by atoms with Gasteiger partial charge in [0.25, 0.3) is 0 Å². The third-order valence-corrected chi connectivity index (χ3v) is 3.69. The zero-order chi connectivity index (χ0) is 17.0. The Morgan fingerprint density at radius 3 is 2.65 bits per heavy atom. The molecule has 7 heteroatoms. The van der Waals surface area contributed by atoms with Crippen LogP contribution in [-0.2, 0) is 4.74 Å². The summed E-state index contributed by atoms with van der Waals surface area (Å²) in [6, 6.07) is 0.0391. The van der Waals surface area contributed by atoms with Gasteiger partial charge in [-0.05, 0) is 40.0 Å². The smallest absolute Gasteiger partial charge is 0.410 e. The molecule has 1 unspecified atom stereocenters. The summed E-state index contributed by atoms with van der Waals surface area (Å²) in [7, 11) is 1.84. The molecule has 1 fully saturated rings. The van der Waals surface area contributed by atoms with Crippen molar-refractivity contribution in [2.75, 3.05) is 25.0 Å². The molecular formula is C16H25FN4O2. The number of aromatic nitrogens is 2. The molecule has 1 aromatic rings. The predicted octanol–water partition coefficient (Wildman–Crippen LogP) is 2.84. The second-order valence-corrected chi connectivity index (χ2v) is 6.91. The monoisotopic (exact) mass is 324 g/mol. The number of hydrogen-bond acceptors (Lipinski definition) is 5. The molecule has 0 aromatic carbocycles. The fourth-order valence-electron chi connectivity index (χ4n) is 2.65. The van der Waals surface area contributed by atoms with E-state index in [2.05, 4.69) is 9.97 Å². The molecule has 1 aliphatic heterocycles. The van der Waals surface area contributed by atoms with Crippen LogP contribution in [0.4, 0.5) is 15.1 Å². The normalized spacial score (nSPS) is 18.7.